The van der Waals surface area contributed by atoms with Crippen LogP contribution in [-0.2, 0) is 4.74 Å². The first kappa shape index (κ1) is 15.3. The summed E-state index contributed by atoms with van der Waals surface area (Å²) in [6.07, 6.45) is 8.02. The summed E-state index contributed by atoms with van der Waals surface area (Å²) in [6, 6.07) is 0.679. The van der Waals surface area contributed by atoms with E-state index in [9.17, 15) is 0 Å². The maximum absolute atomic E-state index is 5.94. The van der Waals surface area contributed by atoms with Gasteiger partial charge in [0, 0.05) is 31.3 Å². The van der Waals surface area contributed by atoms with Crippen molar-refractivity contribution in [3.63, 3.8) is 0 Å². The smallest absolute Gasteiger partial charge is 0.0702 e. The van der Waals surface area contributed by atoms with Crippen LogP contribution < -0.4 is 5.32 Å². The molecule has 3 nitrogen and oxygen atoms in total. The second-order valence-electron chi connectivity index (χ2n) is 6.47. The van der Waals surface area contributed by atoms with Crippen LogP contribution in [0.15, 0.2) is 0 Å². The topological polar surface area (TPSA) is 24.5 Å². The largest absolute Gasteiger partial charge is 0.377 e. The first-order valence-corrected chi connectivity index (χ1v) is 8.30. The van der Waals surface area contributed by atoms with Crippen molar-refractivity contribution in [2.75, 3.05) is 26.2 Å². The summed E-state index contributed by atoms with van der Waals surface area (Å²) in [4.78, 5) is 2.68. The van der Waals surface area contributed by atoms with E-state index in [1.54, 1.807) is 0 Å². The van der Waals surface area contributed by atoms with Crippen LogP contribution in [0.2, 0.25) is 0 Å². The summed E-state index contributed by atoms with van der Waals surface area (Å²) < 4.78 is 5.94. The Morgan fingerprint density at radius 2 is 2.00 bits per heavy atom. The van der Waals surface area contributed by atoms with Crippen molar-refractivity contribution in [3.8, 4) is 0 Å². The highest BCUT2D eigenvalue weighted by Crippen LogP contribution is 2.24. The van der Waals surface area contributed by atoms with Gasteiger partial charge < -0.3 is 10.1 Å². The molecule has 2 aliphatic heterocycles. The Kier molecular flexibility index (Phi) is 5.67. The lowest BCUT2D eigenvalue weighted by Gasteiger charge is -2.39. The van der Waals surface area contributed by atoms with Crippen LogP contribution in [0.1, 0.15) is 59.3 Å². The van der Waals surface area contributed by atoms with Gasteiger partial charge in [-0.3, -0.25) is 4.90 Å². The quantitative estimate of drug-likeness (QED) is 0.848. The van der Waals surface area contributed by atoms with Crippen molar-refractivity contribution in [2.45, 2.75) is 77.0 Å². The Balaban J connectivity index is 1.98. The average Bonchev–Trinajstić information content (AvgIpc) is 2.61. The average molecular weight is 268 g/mol. The van der Waals surface area contributed by atoms with Gasteiger partial charge in [0.15, 0.2) is 0 Å². The molecule has 0 saturated carbocycles. The summed E-state index contributed by atoms with van der Waals surface area (Å²) >= 11 is 0. The molecule has 2 aliphatic rings. The Bertz CT molecular complexity index is 259. The molecule has 112 valence electrons. The number of ether oxygens (including phenoxy) is 1. The fourth-order valence-electron chi connectivity index (χ4n) is 3.51. The van der Waals surface area contributed by atoms with Gasteiger partial charge in [0.2, 0.25) is 0 Å². The predicted octanol–water partition coefficient (Wildman–Crippen LogP) is 2.80. The summed E-state index contributed by atoms with van der Waals surface area (Å²) in [6.45, 7) is 11.5. The fourth-order valence-corrected chi connectivity index (χ4v) is 3.51. The van der Waals surface area contributed by atoms with E-state index < -0.39 is 0 Å². The Labute approximate surface area is 119 Å². The lowest BCUT2D eigenvalue weighted by molar-refractivity contribution is -0.0160. The second kappa shape index (κ2) is 7.05. The molecule has 2 unspecified atom stereocenters. The van der Waals surface area contributed by atoms with Gasteiger partial charge in [-0.1, -0.05) is 13.8 Å². The predicted molar refractivity (Wildman–Crippen MR) is 80.6 cm³/mol. The number of hydrogen-bond donors (Lipinski definition) is 1. The lowest BCUT2D eigenvalue weighted by atomic mass is 9.92. The van der Waals surface area contributed by atoms with E-state index in [0.717, 1.165) is 19.7 Å². The van der Waals surface area contributed by atoms with E-state index in [0.29, 0.717) is 17.7 Å². The number of nitrogens with one attached hydrogen (secondary N) is 1. The molecule has 0 amide bonds. The van der Waals surface area contributed by atoms with Gasteiger partial charge in [-0.25, -0.2) is 0 Å². The van der Waals surface area contributed by atoms with Crippen LogP contribution in [-0.4, -0.2) is 48.8 Å². The maximum Gasteiger partial charge on any atom is 0.0702 e. The summed E-state index contributed by atoms with van der Waals surface area (Å²) in [7, 11) is 0. The monoisotopic (exact) mass is 268 g/mol. The maximum atomic E-state index is 5.94. The SMILES string of the molecule is CCC1(CC)CN(CC2CCCCO2)C(C)CCN1. The summed E-state index contributed by atoms with van der Waals surface area (Å²) in [5.41, 5.74) is 0.319. The van der Waals surface area contributed by atoms with Crippen molar-refractivity contribution in [1.29, 1.82) is 0 Å². The van der Waals surface area contributed by atoms with Crippen LogP contribution in [0.3, 0.4) is 0 Å². The zero-order valence-corrected chi connectivity index (χ0v) is 13.1. The number of hydrogen-bond acceptors (Lipinski definition) is 3. The molecule has 2 saturated heterocycles. The molecule has 1 N–H and O–H groups in total. The Morgan fingerprint density at radius 1 is 1.21 bits per heavy atom. The first-order valence-electron chi connectivity index (χ1n) is 8.30. The Hall–Kier alpha value is -0.120. The van der Waals surface area contributed by atoms with Crippen LogP contribution >= 0.6 is 0 Å². The van der Waals surface area contributed by atoms with Crippen molar-refractivity contribution in [1.82, 2.24) is 10.2 Å². The molecule has 0 aliphatic carbocycles. The van der Waals surface area contributed by atoms with Crippen LogP contribution in [0, 0.1) is 0 Å². The molecule has 2 heterocycles. The highest BCUT2D eigenvalue weighted by atomic mass is 16.5. The van der Waals surface area contributed by atoms with E-state index >= 15 is 0 Å². The molecular formula is C16H32N2O. The van der Waals surface area contributed by atoms with Gasteiger partial charge in [-0.2, -0.15) is 0 Å². The van der Waals surface area contributed by atoms with Gasteiger partial charge in [0.1, 0.15) is 0 Å². The van der Waals surface area contributed by atoms with Gasteiger partial charge in [-0.15, -0.1) is 0 Å². The third-order valence-electron chi connectivity index (χ3n) is 5.26. The molecule has 0 radical (unpaired) electrons. The highest BCUT2D eigenvalue weighted by molar-refractivity contribution is 4.93. The normalized spacial score (nSPS) is 33.0. The zero-order valence-electron chi connectivity index (χ0n) is 13.1. The molecule has 0 aromatic carbocycles. The standard InChI is InChI=1S/C16H32N2O/c1-4-16(5-2)13-18(14(3)9-10-17-16)12-15-8-6-7-11-19-15/h14-15,17H,4-13H2,1-3H3. The minimum atomic E-state index is 0.319. The summed E-state index contributed by atoms with van der Waals surface area (Å²) in [5.74, 6) is 0. The van der Waals surface area contributed by atoms with Gasteiger partial charge in [0.25, 0.3) is 0 Å². The molecule has 0 aromatic heterocycles. The van der Waals surface area contributed by atoms with Gasteiger partial charge in [-0.05, 0) is 52.0 Å². The second-order valence-corrected chi connectivity index (χ2v) is 6.47. The molecule has 19 heavy (non-hydrogen) atoms. The molecule has 0 aromatic rings. The van der Waals surface area contributed by atoms with Crippen molar-refractivity contribution in [2.24, 2.45) is 0 Å². The minimum Gasteiger partial charge on any atom is -0.377 e. The molecule has 3 heteroatoms. The van der Waals surface area contributed by atoms with Crippen molar-refractivity contribution >= 4 is 0 Å². The molecule has 2 fully saturated rings. The van der Waals surface area contributed by atoms with E-state index in [-0.39, 0.29) is 0 Å². The van der Waals surface area contributed by atoms with Crippen molar-refractivity contribution < 1.29 is 4.74 Å². The molecule has 2 atom stereocenters. The van der Waals surface area contributed by atoms with E-state index in [4.69, 9.17) is 4.74 Å². The molecule has 0 spiro atoms. The fraction of sp³-hybridized carbons (Fsp3) is 1.00. The van der Waals surface area contributed by atoms with Gasteiger partial charge in [0.05, 0.1) is 6.10 Å². The molecular weight excluding hydrogens is 236 g/mol. The minimum absolute atomic E-state index is 0.319. The number of nitrogens with zero attached hydrogens (tertiary/aromatic N) is 1. The summed E-state index contributed by atoms with van der Waals surface area (Å²) in [5, 5.41) is 3.81. The highest BCUT2D eigenvalue weighted by Gasteiger charge is 2.34. The number of rotatable bonds is 4. The van der Waals surface area contributed by atoms with Crippen molar-refractivity contribution in [3.05, 3.63) is 0 Å². The third kappa shape index (κ3) is 3.93. The van der Waals surface area contributed by atoms with Crippen LogP contribution in [0.25, 0.3) is 0 Å². The Morgan fingerprint density at radius 3 is 2.63 bits per heavy atom. The molecule has 0 bridgehead atoms. The van der Waals surface area contributed by atoms with Crippen LogP contribution in [0.5, 0.6) is 0 Å². The first-order chi connectivity index (χ1) is 9.19. The lowest BCUT2D eigenvalue weighted by Crippen LogP contribution is -2.53. The molecule has 2 rings (SSSR count). The van der Waals surface area contributed by atoms with E-state index in [1.807, 2.05) is 0 Å². The van der Waals surface area contributed by atoms with Crippen LogP contribution in [0.4, 0.5) is 0 Å². The van der Waals surface area contributed by atoms with Gasteiger partial charge >= 0.3 is 0 Å². The van der Waals surface area contributed by atoms with E-state index in [1.165, 1.54) is 45.1 Å². The third-order valence-corrected chi connectivity index (χ3v) is 5.26. The zero-order chi connectivity index (χ0) is 13.7. The van der Waals surface area contributed by atoms with E-state index in [2.05, 4.69) is 31.0 Å².